The molecule has 40 heavy (non-hydrogen) atoms. The molecule has 0 unspecified atom stereocenters. The van der Waals surface area contributed by atoms with Crippen LogP contribution in [0.3, 0.4) is 0 Å². The average Bonchev–Trinajstić information content (AvgIpc) is 2.96. The molecule has 0 spiro atoms. The maximum Gasteiger partial charge on any atom is -0.000654 e. The number of rotatable bonds is 20. The highest BCUT2D eigenvalue weighted by atomic mass is 15.2. The van der Waals surface area contributed by atoms with Crippen LogP contribution >= 0.6 is 0 Å². The summed E-state index contributed by atoms with van der Waals surface area (Å²) in [6.45, 7) is 18.0. The quantitative estimate of drug-likeness (QED) is 0.165. The highest BCUT2D eigenvalue weighted by Gasteiger charge is 2.13. The van der Waals surface area contributed by atoms with Crippen molar-refractivity contribution in [2.24, 2.45) is 22.9 Å². The van der Waals surface area contributed by atoms with Crippen molar-refractivity contribution in [2.45, 2.75) is 103 Å². The third kappa shape index (κ3) is 22.3. The molecule has 0 aliphatic carbocycles. The second-order valence-electron chi connectivity index (χ2n) is 12.2. The maximum atomic E-state index is 5.76. The first-order valence-corrected chi connectivity index (χ1v) is 17.4. The molecule has 0 atom stereocenters. The van der Waals surface area contributed by atoms with E-state index in [0.29, 0.717) is 0 Å². The van der Waals surface area contributed by atoms with Gasteiger partial charge in [0.15, 0.2) is 0 Å². The van der Waals surface area contributed by atoms with Crippen LogP contribution in [0.2, 0.25) is 0 Å². The molecule has 1 saturated heterocycles. The van der Waals surface area contributed by atoms with Gasteiger partial charge in [0.2, 0.25) is 0 Å². The number of unbranched alkanes of at least 4 members (excludes halogenated alkanes) is 8. The van der Waals surface area contributed by atoms with E-state index in [1.54, 1.807) is 0 Å². The summed E-state index contributed by atoms with van der Waals surface area (Å²) in [5.74, 6) is 0. The van der Waals surface area contributed by atoms with Crippen molar-refractivity contribution in [1.82, 2.24) is 19.6 Å². The van der Waals surface area contributed by atoms with Crippen LogP contribution in [0.1, 0.15) is 103 Å². The zero-order valence-electron chi connectivity index (χ0n) is 26.7. The largest absolute Gasteiger partial charge is 0.330 e. The molecule has 1 aliphatic heterocycles. The van der Waals surface area contributed by atoms with Crippen molar-refractivity contribution in [3.05, 3.63) is 0 Å². The van der Waals surface area contributed by atoms with Gasteiger partial charge >= 0.3 is 0 Å². The van der Waals surface area contributed by atoms with E-state index in [0.717, 1.165) is 51.9 Å². The SMILES string of the molecule is NCCCCCN1CCCN(CCCCCN)CCCN(CCCCCN)CCCN(CCCCCN)CCC1. The Morgan fingerprint density at radius 2 is 0.475 bits per heavy atom. The fourth-order valence-corrected chi connectivity index (χ4v) is 6.04. The first-order chi connectivity index (χ1) is 19.7. The predicted octanol–water partition coefficient (Wildman–Crippen LogP) is 3.28. The lowest BCUT2D eigenvalue weighted by atomic mass is 10.2. The molecule has 8 nitrogen and oxygen atoms in total. The monoisotopic (exact) mass is 569 g/mol. The molecule has 8 heteroatoms. The molecule has 1 aliphatic rings. The van der Waals surface area contributed by atoms with Crippen molar-refractivity contribution in [3.63, 3.8) is 0 Å². The second-order valence-corrected chi connectivity index (χ2v) is 12.2. The van der Waals surface area contributed by atoms with Crippen molar-refractivity contribution in [2.75, 3.05) is 105 Å². The molecule has 0 saturated carbocycles. The number of hydrogen-bond acceptors (Lipinski definition) is 8. The molecule has 0 amide bonds. The van der Waals surface area contributed by atoms with E-state index in [1.165, 1.54) is 156 Å². The van der Waals surface area contributed by atoms with Crippen molar-refractivity contribution in [3.8, 4) is 0 Å². The van der Waals surface area contributed by atoms with Crippen LogP contribution < -0.4 is 22.9 Å². The zero-order chi connectivity index (χ0) is 28.9. The Kier molecular flexibility index (Phi) is 27.1. The minimum absolute atomic E-state index is 0.823. The molecular weight excluding hydrogens is 496 g/mol. The third-order valence-electron chi connectivity index (χ3n) is 8.51. The van der Waals surface area contributed by atoms with Gasteiger partial charge < -0.3 is 42.5 Å². The molecule has 0 radical (unpaired) electrons. The van der Waals surface area contributed by atoms with Crippen LogP contribution in [-0.4, -0.2) is 124 Å². The minimum atomic E-state index is 0.823. The summed E-state index contributed by atoms with van der Waals surface area (Å²) < 4.78 is 0. The lowest BCUT2D eigenvalue weighted by Crippen LogP contribution is -2.37. The van der Waals surface area contributed by atoms with Gasteiger partial charge in [-0.15, -0.1) is 0 Å². The Balaban J connectivity index is 2.78. The van der Waals surface area contributed by atoms with E-state index in [9.17, 15) is 0 Å². The van der Waals surface area contributed by atoms with Gasteiger partial charge in [-0.05, 0) is 182 Å². The topological polar surface area (TPSA) is 117 Å². The summed E-state index contributed by atoms with van der Waals surface area (Å²) in [4.78, 5) is 11.0. The van der Waals surface area contributed by atoms with Gasteiger partial charge in [0.25, 0.3) is 0 Å². The normalized spacial score (nSPS) is 18.9. The molecule has 1 rings (SSSR count). The number of nitrogens with zero attached hydrogens (tertiary/aromatic N) is 4. The molecule has 240 valence electrons. The van der Waals surface area contributed by atoms with Crippen molar-refractivity contribution >= 4 is 0 Å². The molecule has 1 heterocycles. The van der Waals surface area contributed by atoms with Gasteiger partial charge in [0, 0.05) is 0 Å². The Bertz CT molecular complexity index is 405. The van der Waals surface area contributed by atoms with Crippen LogP contribution in [-0.2, 0) is 0 Å². The highest BCUT2D eigenvalue weighted by molar-refractivity contribution is 4.69. The summed E-state index contributed by atoms with van der Waals surface area (Å²) in [6.07, 6.45) is 19.9. The second kappa shape index (κ2) is 28.8. The zero-order valence-corrected chi connectivity index (χ0v) is 26.7. The molecule has 8 N–H and O–H groups in total. The van der Waals surface area contributed by atoms with E-state index >= 15 is 0 Å². The van der Waals surface area contributed by atoms with E-state index in [4.69, 9.17) is 22.9 Å². The van der Waals surface area contributed by atoms with Crippen LogP contribution in [0, 0.1) is 0 Å². The molecule has 0 aromatic heterocycles. The predicted molar refractivity (Wildman–Crippen MR) is 176 cm³/mol. The summed E-state index contributed by atoms with van der Waals surface area (Å²) in [7, 11) is 0. The van der Waals surface area contributed by atoms with Gasteiger partial charge in [-0.3, -0.25) is 0 Å². The number of nitrogens with two attached hydrogens (primary N) is 4. The van der Waals surface area contributed by atoms with Gasteiger partial charge in [-0.25, -0.2) is 0 Å². The van der Waals surface area contributed by atoms with Crippen molar-refractivity contribution in [1.29, 1.82) is 0 Å². The van der Waals surface area contributed by atoms with Gasteiger partial charge in [-0.1, -0.05) is 25.7 Å². The van der Waals surface area contributed by atoms with Crippen molar-refractivity contribution < 1.29 is 0 Å². The molecule has 0 bridgehead atoms. The number of hydrogen-bond donors (Lipinski definition) is 4. The molecule has 0 aromatic carbocycles. The van der Waals surface area contributed by atoms with Crippen LogP contribution in [0.5, 0.6) is 0 Å². The Morgan fingerprint density at radius 1 is 0.275 bits per heavy atom. The maximum absolute atomic E-state index is 5.76. The fraction of sp³-hybridized carbons (Fsp3) is 1.00. The fourth-order valence-electron chi connectivity index (χ4n) is 6.04. The molecule has 1 fully saturated rings. The Morgan fingerprint density at radius 3 is 0.650 bits per heavy atom. The summed E-state index contributed by atoms with van der Waals surface area (Å²) in [5, 5.41) is 0. The molecule has 0 aromatic rings. The standard InChI is InChI=1S/C32H72N8/c33-17-5-1-9-21-37-25-13-27-38(22-10-2-6-18-34)29-15-31-40(24-12-4-8-20-36)32-16-30-39(28-14-26-37)23-11-3-7-19-35/h1-36H2. The summed E-state index contributed by atoms with van der Waals surface area (Å²) >= 11 is 0. The van der Waals surface area contributed by atoms with Crippen LogP contribution in [0.15, 0.2) is 0 Å². The van der Waals surface area contributed by atoms with E-state index in [-0.39, 0.29) is 0 Å². The Hall–Kier alpha value is -0.320. The first kappa shape index (κ1) is 37.7. The van der Waals surface area contributed by atoms with Gasteiger partial charge in [0.05, 0.1) is 0 Å². The van der Waals surface area contributed by atoms with E-state index < -0.39 is 0 Å². The highest BCUT2D eigenvalue weighted by Crippen LogP contribution is 2.09. The van der Waals surface area contributed by atoms with Crippen LogP contribution in [0.25, 0.3) is 0 Å². The third-order valence-corrected chi connectivity index (χ3v) is 8.51. The minimum Gasteiger partial charge on any atom is -0.330 e. The first-order valence-electron chi connectivity index (χ1n) is 17.4. The Labute approximate surface area is 249 Å². The van der Waals surface area contributed by atoms with E-state index in [1.807, 2.05) is 0 Å². The van der Waals surface area contributed by atoms with Crippen LogP contribution in [0.4, 0.5) is 0 Å². The lowest BCUT2D eigenvalue weighted by Gasteiger charge is -2.30. The lowest BCUT2D eigenvalue weighted by molar-refractivity contribution is 0.178. The van der Waals surface area contributed by atoms with Gasteiger partial charge in [-0.2, -0.15) is 0 Å². The summed E-state index contributed by atoms with van der Waals surface area (Å²) in [6, 6.07) is 0. The summed E-state index contributed by atoms with van der Waals surface area (Å²) in [5.41, 5.74) is 23.0. The van der Waals surface area contributed by atoms with E-state index in [2.05, 4.69) is 19.6 Å². The smallest absolute Gasteiger partial charge is 0.000654 e. The molecular formula is C32H72N8. The average molecular weight is 569 g/mol. The van der Waals surface area contributed by atoms with Gasteiger partial charge in [0.1, 0.15) is 0 Å².